The van der Waals surface area contributed by atoms with Gasteiger partial charge in [0.15, 0.2) is 0 Å². The van der Waals surface area contributed by atoms with Crippen LogP contribution in [0.1, 0.15) is 30.5 Å². The Hall–Kier alpha value is -1.20. The van der Waals surface area contributed by atoms with Crippen molar-refractivity contribution in [3.8, 4) is 0 Å². The smallest absolute Gasteiger partial charge is 0.307 e. The Labute approximate surface area is 111 Å². The number of carbonyl (C=O) groups is 1. The van der Waals surface area contributed by atoms with E-state index in [9.17, 15) is 13.6 Å². The Bertz CT molecular complexity index is 427. The summed E-state index contributed by atoms with van der Waals surface area (Å²) in [6.45, 7) is 3.37. The van der Waals surface area contributed by atoms with Gasteiger partial charge in [0.2, 0.25) is 0 Å². The van der Waals surface area contributed by atoms with Gasteiger partial charge in [-0.2, -0.15) is 0 Å². The third kappa shape index (κ3) is 3.92. The second-order valence-electron chi connectivity index (χ2n) is 3.71. The summed E-state index contributed by atoms with van der Waals surface area (Å²) < 4.78 is 31.8. The molecule has 1 rings (SSSR count). The Balaban J connectivity index is 0.00000289. The molecular formula is C12H16ClF2NO2. The normalized spacial score (nSPS) is 11.6. The highest BCUT2D eigenvalue weighted by molar-refractivity contribution is 5.85. The minimum absolute atomic E-state index is 0. The van der Waals surface area contributed by atoms with E-state index in [1.165, 1.54) is 13.0 Å². The van der Waals surface area contributed by atoms with Crippen molar-refractivity contribution in [3.63, 3.8) is 0 Å². The Morgan fingerprint density at radius 1 is 1.44 bits per heavy atom. The maximum absolute atomic E-state index is 13.7. The van der Waals surface area contributed by atoms with E-state index in [1.807, 2.05) is 0 Å². The summed E-state index contributed by atoms with van der Waals surface area (Å²) in [4.78, 5) is 11.2. The molecule has 0 radical (unpaired) electrons. The molecule has 0 aromatic heterocycles. The lowest BCUT2D eigenvalue weighted by Crippen LogP contribution is -2.20. The molecule has 1 aromatic carbocycles. The van der Waals surface area contributed by atoms with Gasteiger partial charge in [0.1, 0.15) is 11.6 Å². The van der Waals surface area contributed by atoms with Crippen molar-refractivity contribution in [2.75, 3.05) is 6.61 Å². The van der Waals surface area contributed by atoms with Crippen LogP contribution in [0.2, 0.25) is 0 Å². The molecule has 0 aliphatic heterocycles. The molecule has 0 unspecified atom stereocenters. The van der Waals surface area contributed by atoms with E-state index >= 15 is 0 Å². The van der Waals surface area contributed by atoms with Crippen molar-refractivity contribution in [1.29, 1.82) is 0 Å². The number of nitrogens with two attached hydrogens (primary N) is 1. The van der Waals surface area contributed by atoms with Crippen LogP contribution in [0.25, 0.3) is 0 Å². The first-order valence-electron chi connectivity index (χ1n) is 5.33. The number of carbonyl (C=O) groups excluding carboxylic acids is 1. The topological polar surface area (TPSA) is 52.3 Å². The molecule has 0 spiro atoms. The summed E-state index contributed by atoms with van der Waals surface area (Å²) in [5.74, 6) is -2.02. The van der Waals surface area contributed by atoms with Gasteiger partial charge in [-0.15, -0.1) is 12.4 Å². The number of esters is 1. The zero-order chi connectivity index (χ0) is 13.0. The quantitative estimate of drug-likeness (QED) is 0.862. The molecule has 102 valence electrons. The number of hydrogen-bond donors (Lipinski definition) is 1. The highest BCUT2D eigenvalue weighted by atomic mass is 35.5. The van der Waals surface area contributed by atoms with E-state index in [-0.39, 0.29) is 31.0 Å². The van der Waals surface area contributed by atoms with Gasteiger partial charge in [-0.25, -0.2) is 8.78 Å². The van der Waals surface area contributed by atoms with E-state index in [0.717, 1.165) is 6.07 Å². The van der Waals surface area contributed by atoms with Gasteiger partial charge in [0, 0.05) is 11.6 Å². The van der Waals surface area contributed by atoms with Crippen molar-refractivity contribution < 1.29 is 18.3 Å². The van der Waals surface area contributed by atoms with Crippen molar-refractivity contribution >= 4 is 18.4 Å². The molecule has 3 nitrogen and oxygen atoms in total. The average Bonchev–Trinajstić information content (AvgIpc) is 2.24. The zero-order valence-corrected chi connectivity index (χ0v) is 11.0. The summed E-state index contributed by atoms with van der Waals surface area (Å²) in [6.07, 6.45) is -0.245. The number of aryl methyl sites for hydroxylation is 1. The molecule has 1 aromatic rings. The number of hydrogen-bond acceptors (Lipinski definition) is 3. The molecule has 2 N–H and O–H groups in total. The summed E-state index contributed by atoms with van der Waals surface area (Å²) in [7, 11) is 0. The van der Waals surface area contributed by atoms with Crippen molar-refractivity contribution in [3.05, 3.63) is 34.9 Å². The maximum Gasteiger partial charge on any atom is 0.307 e. The maximum atomic E-state index is 13.7. The third-order valence-electron chi connectivity index (χ3n) is 2.38. The Morgan fingerprint density at radius 2 is 2.06 bits per heavy atom. The van der Waals surface area contributed by atoms with Crippen LogP contribution in [-0.2, 0) is 9.53 Å². The Morgan fingerprint density at radius 3 is 2.61 bits per heavy atom. The average molecular weight is 280 g/mol. The van der Waals surface area contributed by atoms with E-state index < -0.39 is 23.6 Å². The van der Waals surface area contributed by atoms with Crippen molar-refractivity contribution in [1.82, 2.24) is 0 Å². The lowest BCUT2D eigenvalue weighted by Gasteiger charge is -2.14. The number of ether oxygens (including phenoxy) is 1. The van der Waals surface area contributed by atoms with Gasteiger partial charge in [-0.1, -0.05) is 6.07 Å². The largest absolute Gasteiger partial charge is 0.466 e. The van der Waals surface area contributed by atoms with E-state index in [2.05, 4.69) is 4.74 Å². The van der Waals surface area contributed by atoms with E-state index in [1.54, 1.807) is 6.92 Å². The fourth-order valence-corrected chi connectivity index (χ4v) is 1.52. The number of halogens is 3. The molecule has 0 aliphatic carbocycles. The van der Waals surface area contributed by atoms with Gasteiger partial charge in [0.25, 0.3) is 0 Å². The fourth-order valence-electron chi connectivity index (χ4n) is 1.52. The van der Waals surface area contributed by atoms with Crippen molar-refractivity contribution in [2.45, 2.75) is 26.3 Å². The molecule has 18 heavy (non-hydrogen) atoms. The molecule has 0 heterocycles. The van der Waals surface area contributed by atoms with Crippen LogP contribution >= 0.6 is 12.4 Å². The van der Waals surface area contributed by atoms with Crippen LogP contribution in [0.5, 0.6) is 0 Å². The fraction of sp³-hybridized carbons (Fsp3) is 0.417. The first kappa shape index (κ1) is 16.8. The van der Waals surface area contributed by atoms with E-state index in [4.69, 9.17) is 5.73 Å². The predicted molar refractivity (Wildman–Crippen MR) is 66.5 cm³/mol. The van der Waals surface area contributed by atoms with Crippen LogP contribution in [0.3, 0.4) is 0 Å². The highest BCUT2D eigenvalue weighted by Gasteiger charge is 2.21. The van der Waals surface area contributed by atoms with Crippen LogP contribution in [0.4, 0.5) is 8.78 Å². The number of rotatable bonds is 4. The first-order valence-corrected chi connectivity index (χ1v) is 5.33. The SMILES string of the molecule is CCOC(=O)C[C@H](N)c1c(F)ccc(C)c1F.Cl. The van der Waals surface area contributed by atoms with Gasteiger partial charge in [-0.05, 0) is 25.5 Å². The van der Waals surface area contributed by atoms with Gasteiger partial charge in [-0.3, -0.25) is 4.79 Å². The monoisotopic (exact) mass is 279 g/mol. The van der Waals surface area contributed by atoms with Crippen LogP contribution in [-0.4, -0.2) is 12.6 Å². The highest BCUT2D eigenvalue weighted by Crippen LogP contribution is 2.24. The standard InChI is InChI=1S/C12H15F2NO2.ClH/c1-3-17-10(16)6-9(15)11-8(13)5-4-7(2)12(11)14;/h4-5,9H,3,6,15H2,1-2H3;1H/t9-;/m0./s1. The third-order valence-corrected chi connectivity index (χ3v) is 2.38. The molecule has 6 heteroatoms. The Kier molecular flexibility index (Phi) is 6.80. The van der Waals surface area contributed by atoms with E-state index in [0.29, 0.717) is 5.56 Å². The summed E-state index contributed by atoms with van der Waals surface area (Å²) in [5.41, 5.74) is 5.64. The second kappa shape index (κ2) is 7.28. The minimum Gasteiger partial charge on any atom is -0.466 e. The molecule has 0 fully saturated rings. The number of benzene rings is 1. The second-order valence-corrected chi connectivity index (χ2v) is 3.71. The minimum atomic E-state index is -1.03. The lowest BCUT2D eigenvalue weighted by atomic mass is 10.0. The summed E-state index contributed by atoms with van der Waals surface area (Å²) in [6, 6.07) is 1.43. The first-order chi connectivity index (χ1) is 7.97. The lowest BCUT2D eigenvalue weighted by molar-refractivity contribution is -0.143. The molecule has 0 saturated heterocycles. The summed E-state index contributed by atoms with van der Waals surface area (Å²) in [5, 5.41) is 0. The van der Waals surface area contributed by atoms with Gasteiger partial charge in [0.05, 0.1) is 13.0 Å². The molecule has 0 bridgehead atoms. The van der Waals surface area contributed by atoms with Gasteiger partial charge < -0.3 is 10.5 Å². The van der Waals surface area contributed by atoms with Crippen molar-refractivity contribution in [2.24, 2.45) is 5.73 Å². The van der Waals surface area contributed by atoms with Crippen LogP contribution in [0, 0.1) is 18.6 Å². The molecular weight excluding hydrogens is 264 g/mol. The predicted octanol–water partition coefficient (Wildman–Crippen LogP) is 2.65. The zero-order valence-electron chi connectivity index (χ0n) is 10.2. The molecule has 0 saturated carbocycles. The van der Waals surface area contributed by atoms with Crippen LogP contribution < -0.4 is 5.73 Å². The van der Waals surface area contributed by atoms with Gasteiger partial charge >= 0.3 is 5.97 Å². The molecule has 0 amide bonds. The van der Waals surface area contributed by atoms with Crippen LogP contribution in [0.15, 0.2) is 12.1 Å². The summed E-state index contributed by atoms with van der Waals surface area (Å²) >= 11 is 0. The molecule has 1 atom stereocenters. The molecule has 0 aliphatic rings.